The average molecular weight is 240 g/mol. The normalized spacial score (nSPS) is 19.5. The molecular formula is C12H16O5. The number of hydrogen-bond donors (Lipinski definition) is 0. The molecule has 1 unspecified atom stereocenters. The highest BCUT2D eigenvalue weighted by Crippen LogP contribution is 2.22. The SMILES string of the molecule is CCOC(=O)C(=O)C1CCC=C(OCC)C1=O. The molecule has 0 N–H and O–H groups in total. The summed E-state index contributed by atoms with van der Waals surface area (Å²) >= 11 is 0. The van der Waals surface area contributed by atoms with Gasteiger partial charge < -0.3 is 9.47 Å². The molecule has 1 atom stereocenters. The molecule has 0 fully saturated rings. The van der Waals surface area contributed by atoms with Crippen molar-refractivity contribution in [2.24, 2.45) is 5.92 Å². The molecule has 94 valence electrons. The van der Waals surface area contributed by atoms with Gasteiger partial charge in [-0.05, 0) is 32.8 Å². The van der Waals surface area contributed by atoms with Crippen molar-refractivity contribution in [3.63, 3.8) is 0 Å². The minimum Gasteiger partial charge on any atom is -0.490 e. The van der Waals surface area contributed by atoms with Crippen LogP contribution in [0.4, 0.5) is 0 Å². The number of carbonyl (C=O) groups excluding carboxylic acids is 3. The Balaban J connectivity index is 2.73. The van der Waals surface area contributed by atoms with Crippen LogP contribution in [0.15, 0.2) is 11.8 Å². The summed E-state index contributed by atoms with van der Waals surface area (Å²) in [6, 6.07) is 0. The summed E-state index contributed by atoms with van der Waals surface area (Å²) in [7, 11) is 0. The van der Waals surface area contributed by atoms with E-state index in [0.717, 1.165) is 0 Å². The Labute approximate surface area is 99.8 Å². The van der Waals surface area contributed by atoms with Crippen molar-refractivity contribution in [3.05, 3.63) is 11.8 Å². The highest BCUT2D eigenvalue weighted by molar-refractivity contribution is 6.39. The number of Topliss-reactive ketones (excluding diaryl/α,β-unsaturated/α-hetero) is 2. The third kappa shape index (κ3) is 3.15. The molecule has 0 saturated carbocycles. The lowest BCUT2D eigenvalue weighted by Gasteiger charge is -2.19. The van der Waals surface area contributed by atoms with E-state index >= 15 is 0 Å². The van der Waals surface area contributed by atoms with Crippen LogP contribution >= 0.6 is 0 Å². The van der Waals surface area contributed by atoms with Crippen LogP contribution in [-0.2, 0) is 23.9 Å². The third-order valence-corrected chi connectivity index (χ3v) is 2.44. The zero-order chi connectivity index (χ0) is 12.8. The van der Waals surface area contributed by atoms with E-state index in [1.807, 2.05) is 0 Å². The Hall–Kier alpha value is -1.65. The zero-order valence-electron chi connectivity index (χ0n) is 10.0. The predicted octanol–water partition coefficient (Wildman–Crippen LogP) is 1.02. The van der Waals surface area contributed by atoms with E-state index < -0.39 is 23.5 Å². The molecule has 0 amide bonds. The average Bonchev–Trinajstić information content (AvgIpc) is 2.31. The van der Waals surface area contributed by atoms with Gasteiger partial charge >= 0.3 is 5.97 Å². The van der Waals surface area contributed by atoms with E-state index in [2.05, 4.69) is 4.74 Å². The van der Waals surface area contributed by atoms with Crippen molar-refractivity contribution >= 4 is 17.5 Å². The first-order valence-corrected chi connectivity index (χ1v) is 5.69. The van der Waals surface area contributed by atoms with Crippen molar-refractivity contribution in [1.82, 2.24) is 0 Å². The van der Waals surface area contributed by atoms with Crippen LogP contribution in [0.25, 0.3) is 0 Å². The Morgan fingerprint density at radius 1 is 1.35 bits per heavy atom. The summed E-state index contributed by atoms with van der Waals surface area (Å²) in [6.45, 7) is 3.85. The lowest BCUT2D eigenvalue weighted by atomic mass is 9.88. The number of allylic oxidation sites excluding steroid dienone is 2. The molecule has 0 radical (unpaired) electrons. The van der Waals surface area contributed by atoms with Crippen molar-refractivity contribution in [2.75, 3.05) is 13.2 Å². The summed E-state index contributed by atoms with van der Waals surface area (Å²) < 4.78 is 9.72. The zero-order valence-corrected chi connectivity index (χ0v) is 10.0. The Morgan fingerprint density at radius 2 is 2.06 bits per heavy atom. The Morgan fingerprint density at radius 3 is 2.65 bits per heavy atom. The van der Waals surface area contributed by atoms with Crippen LogP contribution in [0.3, 0.4) is 0 Å². The summed E-state index contributed by atoms with van der Waals surface area (Å²) in [6.07, 6.45) is 2.55. The van der Waals surface area contributed by atoms with Crippen molar-refractivity contribution in [3.8, 4) is 0 Å². The van der Waals surface area contributed by atoms with E-state index in [0.29, 0.717) is 19.4 Å². The van der Waals surface area contributed by atoms with E-state index in [4.69, 9.17) is 4.74 Å². The number of ketones is 2. The number of carbonyl (C=O) groups is 3. The molecule has 0 bridgehead atoms. The van der Waals surface area contributed by atoms with Crippen LogP contribution in [0.1, 0.15) is 26.7 Å². The van der Waals surface area contributed by atoms with E-state index in [1.54, 1.807) is 19.9 Å². The third-order valence-electron chi connectivity index (χ3n) is 2.44. The molecule has 0 aliphatic heterocycles. The maximum absolute atomic E-state index is 11.8. The maximum atomic E-state index is 11.8. The van der Waals surface area contributed by atoms with Gasteiger partial charge in [0, 0.05) is 0 Å². The number of hydrogen-bond acceptors (Lipinski definition) is 5. The largest absolute Gasteiger partial charge is 0.490 e. The van der Waals surface area contributed by atoms with Crippen molar-refractivity contribution in [2.45, 2.75) is 26.7 Å². The molecule has 17 heavy (non-hydrogen) atoms. The smallest absolute Gasteiger partial charge is 0.375 e. The Kier molecular flexibility index (Phi) is 4.87. The molecule has 5 nitrogen and oxygen atoms in total. The first kappa shape index (κ1) is 13.4. The molecule has 0 saturated heterocycles. The van der Waals surface area contributed by atoms with Crippen LogP contribution in [0.2, 0.25) is 0 Å². The van der Waals surface area contributed by atoms with Gasteiger partial charge in [0.1, 0.15) is 0 Å². The van der Waals surface area contributed by atoms with E-state index in [9.17, 15) is 14.4 Å². The fraction of sp³-hybridized carbons (Fsp3) is 0.583. The van der Waals surface area contributed by atoms with Gasteiger partial charge in [-0.3, -0.25) is 9.59 Å². The maximum Gasteiger partial charge on any atom is 0.375 e. The fourth-order valence-electron chi connectivity index (χ4n) is 1.66. The second-order valence-corrected chi connectivity index (χ2v) is 3.58. The predicted molar refractivity (Wildman–Crippen MR) is 59.1 cm³/mol. The highest BCUT2D eigenvalue weighted by atomic mass is 16.5. The van der Waals surface area contributed by atoms with Crippen LogP contribution in [0, 0.1) is 5.92 Å². The first-order chi connectivity index (χ1) is 8.11. The molecule has 0 aromatic rings. The molecule has 1 rings (SSSR count). The summed E-state index contributed by atoms with van der Waals surface area (Å²) in [5, 5.41) is 0. The van der Waals surface area contributed by atoms with E-state index in [-0.39, 0.29) is 12.4 Å². The number of rotatable bonds is 5. The monoisotopic (exact) mass is 240 g/mol. The summed E-state index contributed by atoms with van der Waals surface area (Å²) in [5.74, 6) is -2.90. The van der Waals surface area contributed by atoms with Gasteiger partial charge in [-0.1, -0.05) is 0 Å². The van der Waals surface area contributed by atoms with Crippen LogP contribution in [-0.4, -0.2) is 30.7 Å². The number of ether oxygens (including phenoxy) is 2. The van der Waals surface area contributed by atoms with Gasteiger partial charge in [0.05, 0.1) is 19.1 Å². The second kappa shape index (κ2) is 6.18. The quantitative estimate of drug-likeness (QED) is 0.407. The molecular weight excluding hydrogens is 224 g/mol. The van der Waals surface area contributed by atoms with Crippen LogP contribution in [0.5, 0.6) is 0 Å². The molecule has 1 aliphatic carbocycles. The number of esters is 1. The van der Waals surface area contributed by atoms with Gasteiger partial charge in [0.15, 0.2) is 5.76 Å². The molecule has 1 aliphatic rings. The van der Waals surface area contributed by atoms with Gasteiger partial charge in [0.25, 0.3) is 5.78 Å². The van der Waals surface area contributed by atoms with Crippen molar-refractivity contribution in [1.29, 1.82) is 0 Å². The minimum absolute atomic E-state index is 0.125. The van der Waals surface area contributed by atoms with E-state index in [1.165, 1.54) is 0 Å². The summed E-state index contributed by atoms with van der Waals surface area (Å²) in [4.78, 5) is 34.8. The highest BCUT2D eigenvalue weighted by Gasteiger charge is 2.36. The molecule has 5 heteroatoms. The van der Waals surface area contributed by atoms with Gasteiger partial charge in [-0.2, -0.15) is 0 Å². The standard InChI is InChI=1S/C12H16O5/c1-3-16-9-7-5-6-8(10(9)13)11(14)12(15)17-4-2/h7-8H,3-6H2,1-2H3. The lowest BCUT2D eigenvalue weighted by Crippen LogP contribution is -2.34. The molecule has 0 spiro atoms. The van der Waals surface area contributed by atoms with Crippen LogP contribution < -0.4 is 0 Å². The summed E-state index contributed by atoms with van der Waals surface area (Å²) in [5.41, 5.74) is 0. The van der Waals surface area contributed by atoms with Gasteiger partial charge in [0.2, 0.25) is 5.78 Å². The fourth-order valence-corrected chi connectivity index (χ4v) is 1.66. The molecule has 0 aromatic heterocycles. The second-order valence-electron chi connectivity index (χ2n) is 3.58. The molecule has 0 heterocycles. The van der Waals surface area contributed by atoms with Gasteiger partial charge in [-0.25, -0.2) is 4.79 Å². The Bertz CT molecular complexity index is 356. The molecule has 0 aromatic carbocycles. The van der Waals surface area contributed by atoms with Crippen molar-refractivity contribution < 1.29 is 23.9 Å². The topological polar surface area (TPSA) is 69.7 Å². The first-order valence-electron chi connectivity index (χ1n) is 5.69. The minimum atomic E-state index is -0.944. The van der Waals surface area contributed by atoms with Gasteiger partial charge in [-0.15, -0.1) is 0 Å². The lowest BCUT2D eigenvalue weighted by molar-refractivity contribution is -0.157.